The van der Waals surface area contributed by atoms with E-state index in [2.05, 4.69) is 10.3 Å². The van der Waals surface area contributed by atoms with Crippen molar-refractivity contribution in [2.24, 2.45) is 0 Å². The van der Waals surface area contributed by atoms with Gasteiger partial charge < -0.3 is 19.2 Å². The number of hydrogen-bond donors (Lipinski definition) is 1. The molecule has 3 rings (SSSR count). The van der Waals surface area contributed by atoms with E-state index >= 15 is 0 Å². The number of esters is 1. The summed E-state index contributed by atoms with van der Waals surface area (Å²) < 4.78 is 15.6. The van der Waals surface area contributed by atoms with Gasteiger partial charge in [0.2, 0.25) is 0 Å². The van der Waals surface area contributed by atoms with Crippen molar-refractivity contribution in [3.05, 3.63) is 54.4 Å². The Morgan fingerprint density at radius 1 is 1.16 bits per heavy atom. The first kappa shape index (κ1) is 16.5. The smallest absolute Gasteiger partial charge is 0.341 e. The molecule has 0 aliphatic rings. The van der Waals surface area contributed by atoms with E-state index in [1.807, 2.05) is 0 Å². The quantitative estimate of drug-likeness (QED) is 0.718. The lowest BCUT2D eigenvalue weighted by atomic mass is 10.2. The Kier molecular flexibility index (Phi) is 4.65. The highest BCUT2D eigenvalue weighted by Gasteiger charge is 2.22. The van der Waals surface area contributed by atoms with Gasteiger partial charge in [-0.05, 0) is 31.2 Å². The number of rotatable bonds is 5. The van der Waals surface area contributed by atoms with Gasteiger partial charge in [0.25, 0.3) is 5.91 Å². The fraction of sp³-hybridized carbons (Fsp3) is 0.167. The molecule has 2 aromatic carbocycles. The molecule has 0 radical (unpaired) electrons. The average Bonchev–Trinajstić information content (AvgIpc) is 3.10. The third-order valence-electron chi connectivity index (χ3n) is 3.60. The van der Waals surface area contributed by atoms with E-state index < -0.39 is 18.0 Å². The van der Waals surface area contributed by atoms with Crippen molar-refractivity contribution in [1.29, 1.82) is 0 Å². The molecule has 0 aliphatic carbocycles. The molecule has 7 heteroatoms. The molecule has 1 unspecified atom stereocenters. The maximum absolute atomic E-state index is 12.3. The van der Waals surface area contributed by atoms with Crippen LogP contribution in [0.3, 0.4) is 0 Å². The van der Waals surface area contributed by atoms with E-state index in [9.17, 15) is 9.59 Å². The third kappa shape index (κ3) is 3.45. The van der Waals surface area contributed by atoms with Crippen LogP contribution in [0.1, 0.15) is 17.3 Å². The zero-order chi connectivity index (χ0) is 17.8. The number of methoxy groups -OCH3 is 1. The summed E-state index contributed by atoms with van der Waals surface area (Å²) in [5.41, 5.74) is 1.60. The van der Waals surface area contributed by atoms with Crippen molar-refractivity contribution < 1.29 is 23.5 Å². The molecule has 7 nitrogen and oxygen atoms in total. The molecule has 1 heterocycles. The van der Waals surface area contributed by atoms with Crippen LogP contribution in [0.25, 0.3) is 11.1 Å². The predicted molar refractivity (Wildman–Crippen MR) is 90.5 cm³/mol. The fourth-order valence-electron chi connectivity index (χ4n) is 2.31. The Morgan fingerprint density at radius 3 is 2.76 bits per heavy atom. The molecule has 0 aliphatic heterocycles. The Morgan fingerprint density at radius 2 is 1.96 bits per heavy atom. The van der Waals surface area contributed by atoms with Gasteiger partial charge in [-0.25, -0.2) is 9.78 Å². The van der Waals surface area contributed by atoms with Gasteiger partial charge in [-0.3, -0.25) is 4.79 Å². The molecule has 25 heavy (non-hydrogen) atoms. The van der Waals surface area contributed by atoms with Crippen molar-refractivity contribution >= 4 is 28.7 Å². The number of hydrogen-bond acceptors (Lipinski definition) is 6. The predicted octanol–water partition coefficient (Wildman–Crippen LogP) is 3.02. The summed E-state index contributed by atoms with van der Waals surface area (Å²) in [5, 5.41) is 2.67. The molecule has 0 fully saturated rings. The molecule has 0 saturated heterocycles. The number of amides is 1. The maximum Gasteiger partial charge on any atom is 0.341 e. The number of nitrogens with one attached hydrogen (secondary N) is 1. The first-order chi connectivity index (χ1) is 12.1. The Hall–Kier alpha value is -3.35. The second kappa shape index (κ2) is 7.04. The highest BCUT2D eigenvalue weighted by molar-refractivity contribution is 6.03. The number of nitrogens with zero attached hydrogens (tertiary/aromatic N) is 1. The van der Waals surface area contributed by atoms with Crippen LogP contribution in [0, 0.1) is 0 Å². The van der Waals surface area contributed by atoms with Gasteiger partial charge in [-0.1, -0.05) is 18.2 Å². The highest BCUT2D eigenvalue weighted by Crippen LogP contribution is 2.23. The number of benzene rings is 2. The molecule has 0 bridgehead atoms. The van der Waals surface area contributed by atoms with Gasteiger partial charge in [0.05, 0.1) is 18.4 Å². The van der Waals surface area contributed by atoms with Crippen LogP contribution in [0.15, 0.2) is 53.3 Å². The topological polar surface area (TPSA) is 90.7 Å². The number of carbonyl (C=O) groups is 2. The second-order valence-electron chi connectivity index (χ2n) is 5.24. The summed E-state index contributed by atoms with van der Waals surface area (Å²) in [5.74, 6) is -0.603. The number of fused-ring (bicyclic) bond motifs is 1. The van der Waals surface area contributed by atoms with Crippen LogP contribution in [0.4, 0.5) is 5.69 Å². The van der Waals surface area contributed by atoms with Gasteiger partial charge in [0, 0.05) is 0 Å². The number of para-hydroxylation sites is 3. The standard InChI is InChI=1S/C18H16N2O5/c1-11(17(21)20-13-7-3-4-8-14(13)23-2)25-18(22)12-6-5-9-15-16(12)19-10-24-15/h3-11H,1-2H3,(H,20,21). The van der Waals surface area contributed by atoms with Crippen LogP contribution < -0.4 is 10.1 Å². The molecule has 1 amide bonds. The van der Waals surface area contributed by atoms with Crippen LogP contribution in [-0.2, 0) is 9.53 Å². The van der Waals surface area contributed by atoms with Crippen molar-refractivity contribution in [3.63, 3.8) is 0 Å². The molecule has 1 atom stereocenters. The van der Waals surface area contributed by atoms with Gasteiger partial charge in [0.1, 0.15) is 11.3 Å². The van der Waals surface area contributed by atoms with Crippen molar-refractivity contribution in [2.75, 3.05) is 12.4 Å². The van der Waals surface area contributed by atoms with E-state index in [-0.39, 0.29) is 5.56 Å². The van der Waals surface area contributed by atoms with Gasteiger partial charge in [-0.15, -0.1) is 0 Å². The zero-order valence-electron chi connectivity index (χ0n) is 13.7. The lowest BCUT2D eigenvalue weighted by molar-refractivity contribution is -0.123. The molecular formula is C18H16N2O5. The first-order valence-electron chi connectivity index (χ1n) is 7.57. The van der Waals surface area contributed by atoms with Gasteiger partial charge >= 0.3 is 5.97 Å². The molecule has 1 N–H and O–H groups in total. The Balaban J connectivity index is 1.71. The Bertz CT molecular complexity index is 918. The minimum Gasteiger partial charge on any atom is -0.495 e. The van der Waals surface area contributed by atoms with Crippen molar-refractivity contribution in [2.45, 2.75) is 13.0 Å². The van der Waals surface area contributed by atoms with Gasteiger partial charge in [0.15, 0.2) is 18.1 Å². The monoisotopic (exact) mass is 340 g/mol. The Labute approximate surface area is 143 Å². The largest absolute Gasteiger partial charge is 0.495 e. The zero-order valence-corrected chi connectivity index (χ0v) is 13.7. The summed E-state index contributed by atoms with van der Waals surface area (Å²) in [6, 6.07) is 11.9. The maximum atomic E-state index is 12.3. The van der Waals surface area contributed by atoms with E-state index in [1.54, 1.807) is 42.5 Å². The van der Waals surface area contributed by atoms with E-state index in [0.717, 1.165) is 0 Å². The molecule has 128 valence electrons. The third-order valence-corrected chi connectivity index (χ3v) is 3.60. The summed E-state index contributed by atoms with van der Waals surface area (Å²) in [4.78, 5) is 28.6. The molecule has 1 aromatic heterocycles. The van der Waals surface area contributed by atoms with Gasteiger partial charge in [-0.2, -0.15) is 0 Å². The van der Waals surface area contributed by atoms with Crippen molar-refractivity contribution in [1.82, 2.24) is 4.98 Å². The summed E-state index contributed by atoms with van der Waals surface area (Å²) >= 11 is 0. The summed E-state index contributed by atoms with van der Waals surface area (Å²) in [6.45, 7) is 1.49. The molecule has 3 aromatic rings. The lowest BCUT2D eigenvalue weighted by Crippen LogP contribution is -2.30. The molecule has 0 saturated carbocycles. The summed E-state index contributed by atoms with van der Waals surface area (Å²) in [6.07, 6.45) is 0.249. The minimum atomic E-state index is -1.00. The molecular weight excluding hydrogens is 324 g/mol. The van der Waals surface area contributed by atoms with E-state index in [0.29, 0.717) is 22.5 Å². The minimum absolute atomic E-state index is 0.239. The SMILES string of the molecule is COc1ccccc1NC(=O)C(C)OC(=O)c1cccc2ocnc12. The second-order valence-corrected chi connectivity index (χ2v) is 5.24. The first-order valence-corrected chi connectivity index (χ1v) is 7.57. The number of aromatic nitrogens is 1. The van der Waals surface area contributed by atoms with E-state index in [4.69, 9.17) is 13.9 Å². The van der Waals surface area contributed by atoms with E-state index in [1.165, 1.54) is 20.4 Å². The number of ether oxygens (including phenoxy) is 2. The number of oxazole rings is 1. The van der Waals surface area contributed by atoms with Crippen LogP contribution in [0.5, 0.6) is 5.75 Å². The molecule has 0 spiro atoms. The van der Waals surface area contributed by atoms with Crippen LogP contribution in [-0.4, -0.2) is 30.1 Å². The van der Waals surface area contributed by atoms with Crippen LogP contribution in [0.2, 0.25) is 0 Å². The number of carbonyl (C=O) groups excluding carboxylic acids is 2. The lowest BCUT2D eigenvalue weighted by Gasteiger charge is -2.15. The normalized spacial score (nSPS) is 11.8. The highest BCUT2D eigenvalue weighted by atomic mass is 16.5. The summed E-state index contributed by atoms with van der Waals surface area (Å²) in [7, 11) is 1.51. The van der Waals surface area contributed by atoms with Crippen molar-refractivity contribution in [3.8, 4) is 5.75 Å². The fourth-order valence-corrected chi connectivity index (χ4v) is 2.31. The number of anilines is 1. The average molecular weight is 340 g/mol. The van der Waals surface area contributed by atoms with Crippen LogP contribution >= 0.6 is 0 Å².